The maximum absolute atomic E-state index is 12.2. The van der Waals surface area contributed by atoms with Crippen LogP contribution in [0.2, 0.25) is 5.02 Å². The van der Waals surface area contributed by atoms with Gasteiger partial charge >= 0.3 is 6.18 Å². The summed E-state index contributed by atoms with van der Waals surface area (Å²) in [7, 11) is 1.84. The zero-order valence-corrected chi connectivity index (χ0v) is 16.9. The van der Waals surface area contributed by atoms with E-state index in [1.807, 2.05) is 23.7 Å². The van der Waals surface area contributed by atoms with Crippen molar-refractivity contribution in [3.8, 4) is 11.5 Å². The quantitative estimate of drug-likeness (QED) is 0.443. The molecule has 5 nitrogen and oxygen atoms in total. The van der Waals surface area contributed by atoms with Gasteiger partial charge in [0.05, 0.1) is 5.02 Å². The lowest BCUT2D eigenvalue weighted by molar-refractivity contribution is -0.153. The van der Waals surface area contributed by atoms with E-state index in [4.69, 9.17) is 21.1 Å². The fourth-order valence-corrected chi connectivity index (χ4v) is 3.37. The van der Waals surface area contributed by atoms with Crippen molar-refractivity contribution < 1.29 is 22.6 Å². The highest BCUT2D eigenvalue weighted by Crippen LogP contribution is 2.26. The van der Waals surface area contributed by atoms with Gasteiger partial charge in [0.25, 0.3) is 0 Å². The Hall–Kier alpha value is -2.39. The molecule has 0 unspecified atom stereocenters. The molecule has 3 rings (SSSR count). The number of hydrogen-bond acceptors (Lipinski definition) is 5. The van der Waals surface area contributed by atoms with Gasteiger partial charge in [0, 0.05) is 12.8 Å². The molecule has 10 heteroatoms. The standard InChI is InChI=1S/C19H17ClF3N3O2S/c1-26-17(10-27-16-5-3-2-4-15(16)20)24-25-18(26)29-11-13-6-8-14(9-7-13)28-12-19(21,22)23/h2-9H,10-12H2,1H3. The Kier molecular flexibility index (Phi) is 6.92. The van der Waals surface area contributed by atoms with Crippen LogP contribution in [0.25, 0.3) is 0 Å². The van der Waals surface area contributed by atoms with Gasteiger partial charge in [-0.2, -0.15) is 13.2 Å². The average molecular weight is 444 g/mol. The predicted octanol–water partition coefficient (Wildman–Crippen LogP) is 5.28. The minimum atomic E-state index is -4.35. The highest BCUT2D eigenvalue weighted by atomic mass is 35.5. The highest BCUT2D eigenvalue weighted by molar-refractivity contribution is 7.98. The number of hydrogen-bond donors (Lipinski definition) is 0. The molecule has 154 valence electrons. The van der Waals surface area contributed by atoms with Gasteiger partial charge in [-0.3, -0.25) is 0 Å². The molecule has 1 heterocycles. The Morgan fingerprint density at radius 2 is 1.76 bits per heavy atom. The number of para-hydroxylation sites is 1. The minimum Gasteiger partial charge on any atom is -0.484 e. The van der Waals surface area contributed by atoms with Gasteiger partial charge in [-0.05, 0) is 29.8 Å². The van der Waals surface area contributed by atoms with Gasteiger partial charge in [0.2, 0.25) is 0 Å². The number of ether oxygens (including phenoxy) is 2. The van der Waals surface area contributed by atoms with E-state index in [0.29, 0.717) is 27.5 Å². The van der Waals surface area contributed by atoms with E-state index in [1.54, 1.807) is 24.3 Å². The number of benzene rings is 2. The molecule has 0 spiro atoms. The molecule has 0 fully saturated rings. The van der Waals surface area contributed by atoms with Crippen LogP contribution < -0.4 is 9.47 Å². The fraction of sp³-hybridized carbons (Fsp3) is 0.263. The number of aromatic nitrogens is 3. The lowest BCUT2D eigenvalue weighted by atomic mass is 10.2. The SMILES string of the molecule is Cn1c(COc2ccccc2Cl)nnc1SCc1ccc(OCC(F)(F)F)cc1. The molecule has 3 aromatic rings. The molecule has 0 atom stereocenters. The molecule has 1 aromatic heterocycles. The lowest BCUT2D eigenvalue weighted by Gasteiger charge is -2.09. The number of rotatable bonds is 8. The van der Waals surface area contributed by atoms with Gasteiger partial charge < -0.3 is 14.0 Å². The zero-order chi connectivity index (χ0) is 20.9. The molecule has 0 amide bonds. The van der Waals surface area contributed by atoms with Crippen LogP contribution in [0.15, 0.2) is 53.7 Å². The van der Waals surface area contributed by atoms with E-state index in [-0.39, 0.29) is 12.4 Å². The Balaban J connectivity index is 1.53. The van der Waals surface area contributed by atoms with Gasteiger partial charge in [-0.25, -0.2) is 0 Å². The van der Waals surface area contributed by atoms with Crippen LogP contribution in [-0.4, -0.2) is 27.5 Å². The average Bonchev–Trinajstić information content (AvgIpc) is 3.04. The van der Waals surface area contributed by atoms with Crippen molar-refractivity contribution in [1.82, 2.24) is 14.8 Å². The summed E-state index contributed by atoms with van der Waals surface area (Å²) < 4.78 is 48.7. The first-order valence-electron chi connectivity index (χ1n) is 8.49. The fourth-order valence-electron chi connectivity index (χ4n) is 2.30. The molecule has 2 aromatic carbocycles. The van der Waals surface area contributed by atoms with Crippen LogP contribution in [0.4, 0.5) is 13.2 Å². The van der Waals surface area contributed by atoms with E-state index in [1.165, 1.54) is 23.9 Å². The first-order chi connectivity index (χ1) is 13.8. The van der Waals surface area contributed by atoms with Crippen LogP contribution in [0.5, 0.6) is 11.5 Å². The first-order valence-corrected chi connectivity index (χ1v) is 9.85. The maximum Gasteiger partial charge on any atom is 0.422 e. The third-order valence-corrected chi connectivity index (χ3v) is 5.22. The number of nitrogens with zero attached hydrogens (tertiary/aromatic N) is 3. The predicted molar refractivity (Wildman–Crippen MR) is 104 cm³/mol. The van der Waals surface area contributed by atoms with Crippen molar-refractivity contribution in [3.63, 3.8) is 0 Å². The zero-order valence-electron chi connectivity index (χ0n) is 15.3. The smallest absolute Gasteiger partial charge is 0.422 e. The van der Waals surface area contributed by atoms with E-state index < -0.39 is 12.8 Å². The normalized spacial score (nSPS) is 11.5. The summed E-state index contributed by atoms with van der Waals surface area (Å²) in [6.07, 6.45) is -4.35. The van der Waals surface area contributed by atoms with E-state index in [2.05, 4.69) is 10.2 Å². The monoisotopic (exact) mass is 443 g/mol. The van der Waals surface area contributed by atoms with Crippen LogP contribution in [0.1, 0.15) is 11.4 Å². The lowest BCUT2D eigenvalue weighted by Crippen LogP contribution is -2.19. The first kappa shape index (κ1) is 21.3. The molecular formula is C19H17ClF3N3O2S. The van der Waals surface area contributed by atoms with Crippen molar-refractivity contribution >= 4 is 23.4 Å². The van der Waals surface area contributed by atoms with Gasteiger partial charge in [-0.1, -0.05) is 47.6 Å². The van der Waals surface area contributed by atoms with Crippen LogP contribution in [-0.2, 0) is 19.4 Å². The summed E-state index contributed by atoms with van der Waals surface area (Å²) in [5, 5.41) is 9.50. The van der Waals surface area contributed by atoms with E-state index in [9.17, 15) is 13.2 Å². The summed E-state index contributed by atoms with van der Waals surface area (Å²) in [5.74, 6) is 1.97. The highest BCUT2D eigenvalue weighted by Gasteiger charge is 2.28. The van der Waals surface area contributed by atoms with Crippen LogP contribution in [0, 0.1) is 0 Å². The molecular weight excluding hydrogens is 427 g/mol. The third-order valence-electron chi connectivity index (χ3n) is 3.81. The van der Waals surface area contributed by atoms with Crippen LogP contribution in [0.3, 0.4) is 0 Å². The Labute approximate surface area is 174 Å². The van der Waals surface area contributed by atoms with Crippen LogP contribution >= 0.6 is 23.4 Å². The third kappa shape index (κ3) is 6.30. The summed E-state index contributed by atoms with van der Waals surface area (Å²) in [4.78, 5) is 0. The second kappa shape index (κ2) is 9.41. The van der Waals surface area contributed by atoms with Crippen molar-refractivity contribution in [2.24, 2.45) is 7.05 Å². The van der Waals surface area contributed by atoms with E-state index >= 15 is 0 Å². The summed E-state index contributed by atoms with van der Waals surface area (Å²) >= 11 is 7.53. The Morgan fingerprint density at radius 3 is 2.45 bits per heavy atom. The Morgan fingerprint density at radius 1 is 1.03 bits per heavy atom. The van der Waals surface area contributed by atoms with Crippen molar-refractivity contribution in [3.05, 3.63) is 64.9 Å². The molecule has 0 saturated heterocycles. The van der Waals surface area contributed by atoms with Gasteiger partial charge in [0.15, 0.2) is 17.6 Å². The maximum atomic E-state index is 12.2. The number of alkyl halides is 3. The van der Waals surface area contributed by atoms with Gasteiger partial charge in [-0.15, -0.1) is 10.2 Å². The minimum absolute atomic E-state index is 0.175. The molecule has 0 aliphatic carbocycles. The van der Waals surface area contributed by atoms with Gasteiger partial charge in [0.1, 0.15) is 18.1 Å². The molecule has 0 aliphatic rings. The summed E-state index contributed by atoms with van der Waals surface area (Å²) in [6.45, 7) is -1.09. The molecule has 0 saturated carbocycles. The summed E-state index contributed by atoms with van der Waals surface area (Å²) in [5.41, 5.74) is 0.922. The molecule has 29 heavy (non-hydrogen) atoms. The largest absolute Gasteiger partial charge is 0.484 e. The topological polar surface area (TPSA) is 49.2 Å². The summed E-state index contributed by atoms with van der Waals surface area (Å²) in [6, 6.07) is 13.6. The van der Waals surface area contributed by atoms with E-state index in [0.717, 1.165) is 5.56 Å². The Bertz CT molecular complexity index is 949. The van der Waals surface area contributed by atoms with Crippen molar-refractivity contribution in [2.75, 3.05) is 6.61 Å². The second-order valence-electron chi connectivity index (χ2n) is 6.01. The molecule has 0 bridgehead atoms. The number of halogens is 4. The molecule has 0 aliphatic heterocycles. The molecule has 0 radical (unpaired) electrons. The second-order valence-corrected chi connectivity index (χ2v) is 7.36. The molecule has 0 N–H and O–H groups in total. The van der Waals surface area contributed by atoms with Crippen molar-refractivity contribution in [1.29, 1.82) is 0 Å². The van der Waals surface area contributed by atoms with Crippen molar-refractivity contribution in [2.45, 2.75) is 23.7 Å². The number of thioether (sulfide) groups is 1.